The maximum Gasteiger partial charge on any atom is 0.243 e. The Hall–Kier alpha value is -2.84. The highest BCUT2D eigenvalue weighted by Gasteiger charge is 2.31. The Labute approximate surface area is 202 Å². The number of sulfonamides is 1. The lowest BCUT2D eigenvalue weighted by molar-refractivity contribution is 0.268. The van der Waals surface area contributed by atoms with Gasteiger partial charge in [0.25, 0.3) is 0 Å². The molecule has 2 aliphatic heterocycles. The minimum Gasteiger partial charge on any atom is -0.497 e. The van der Waals surface area contributed by atoms with Crippen molar-refractivity contribution in [2.24, 2.45) is 0 Å². The van der Waals surface area contributed by atoms with Crippen molar-refractivity contribution in [1.82, 2.24) is 9.29 Å². The number of piperidine rings is 1. The van der Waals surface area contributed by atoms with E-state index in [-0.39, 0.29) is 6.04 Å². The second-order valence-corrected chi connectivity index (χ2v) is 11.0. The van der Waals surface area contributed by atoms with Gasteiger partial charge in [0.15, 0.2) is 0 Å². The topological polar surface area (TPSA) is 66.0 Å². The van der Waals surface area contributed by atoms with Crippen LogP contribution in [0.4, 0.5) is 11.5 Å². The third-order valence-electron chi connectivity index (χ3n) is 7.04. The molecule has 0 unspecified atom stereocenters. The van der Waals surface area contributed by atoms with Crippen LogP contribution in [-0.4, -0.2) is 63.6 Å². The number of aromatic nitrogens is 1. The number of nitrogens with zero attached hydrogens (tertiary/aromatic N) is 4. The summed E-state index contributed by atoms with van der Waals surface area (Å²) in [5, 5.41) is 0.853. The molecule has 8 heteroatoms. The van der Waals surface area contributed by atoms with E-state index in [1.54, 1.807) is 23.5 Å². The van der Waals surface area contributed by atoms with Crippen molar-refractivity contribution in [2.75, 3.05) is 49.6 Å². The van der Waals surface area contributed by atoms with Gasteiger partial charge >= 0.3 is 0 Å². The van der Waals surface area contributed by atoms with E-state index in [0.29, 0.717) is 11.4 Å². The van der Waals surface area contributed by atoms with Gasteiger partial charge in [-0.2, -0.15) is 4.31 Å². The van der Waals surface area contributed by atoms with Crippen LogP contribution >= 0.6 is 0 Å². The molecule has 3 aromatic rings. The van der Waals surface area contributed by atoms with Crippen molar-refractivity contribution in [2.45, 2.75) is 37.1 Å². The van der Waals surface area contributed by atoms with Crippen LogP contribution < -0.4 is 14.5 Å². The number of pyridine rings is 1. The van der Waals surface area contributed by atoms with E-state index in [9.17, 15) is 8.42 Å². The standard InChI is InChI=1S/C26H32N4O3S/c1-20-5-3-4-14-30(20)34(31,32)24-11-12-25-21(19-24)6-13-26(27-25)29-17-15-28(16-18-29)22-7-9-23(33-2)10-8-22/h6-13,19-20H,3-5,14-18H2,1-2H3/t20-/m1/s1. The molecule has 0 radical (unpaired) electrons. The van der Waals surface area contributed by atoms with E-state index in [4.69, 9.17) is 9.72 Å². The zero-order valence-electron chi connectivity index (χ0n) is 19.9. The quantitative estimate of drug-likeness (QED) is 0.547. The van der Waals surface area contributed by atoms with E-state index in [2.05, 4.69) is 21.9 Å². The van der Waals surface area contributed by atoms with Gasteiger partial charge in [0, 0.05) is 49.8 Å². The molecule has 2 saturated heterocycles. The van der Waals surface area contributed by atoms with E-state index < -0.39 is 10.0 Å². The molecule has 7 nitrogen and oxygen atoms in total. The molecular weight excluding hydrogens is 448 g/mol. The largest absolute Gasteiger partial charge is 0.497 e. The number of methoxy groups -OCH3 is 1. The molecule has 0 amide bonds. The van der Waals surface area contributed by atoms with Gasteiger partial charge in [0.1, 0.15) is 11.6 Å². The number of anilines is 2. The number of ether oxygens (including phenoxy) is 1. The Kier molecular flexibility index (Phi) is 6.36. The first kappa shape index (κ1) is 22.9. The molecule has 5 rings (SSSR count). The van der Waals surface area contributed by atoms with Crippen molar-refractivity contribution in [3.8, 4) is 5.75 Å². The number of fused-ring (bicyclic) bond motifs is 1. The van der Waals surface area contributed by atoms with Gasteiger partial charge in [-0.25, -0.2) is 13.4 Å². The van der Waals surface area contributed by atoms with Gasteiger partial charge in [0.2, 0.25) is 10.0 Å². The molecule has 0 N–H and O–H groups in total. The van der Waals surface area contributed by atoms with Crippen LogP contribution in [0.2, 0.25) is 0 Å². The van der Waals surface area contributed by atoms with Crippen LogP contribution in [-0.2, 0) is 10.0 Å². The van der Waals surface area contributed by atoms with Gasteiger partial charge in [0.05, 0.1) is 17.5 Å². The van der Waals surface area contributed by atoms with Crippen molar-refractivity contribution in [3.63, 3.8) is 0 Å². The highest BCUT2D eigenvalue weighted by Crippen LogP contribution is 2.28. The van der Waals surface area contributed by atoms with E-state index in [0.717, 1.165) is 67.9 Å². The number of benzene rings is 2. The maximum atomic E-state index is 13.2. The Morgan fingerprint density at radius 2 is 1.62 bits per heavy atom. The zero-order chi connectivity index (χ0) is 23.7. The highest BCUT2D eigenvalue weighted by atomic mass is 32.2. The van der Waals surface area contributed by atoms with Gasteiger partial charge < -0.3 is 14.5 Å². The lowest BCUT2D eigenvalue weighted by Gasteiger charge is -2.36. The van der Waals surface area contributed by atoms with Gasteiger partial charge in [-0.15, -0.1) is 0 Å². The highest BCUT2D eigenvalue weighted by molar-refractivity contribution is 7.89. The second kappa shape index (κ2) is 9.43. The van der Waals surface area contributed by atoms with E-state index in [1.807, 2.05) is 37.3 Å². The van der Waals surface area contributed by atoms with Crippen LogP contribution in [0.15, 0.2) is 59.5 Å². The molecule has 3 heterocycles. The lowest BCUT2D eigenvalue weighted by atomic mass is 10.1. The van der Waals surface area contributed by atoms with Crippen LogP contribution in [0.3, 0.4) is 0 Å². The smallest absolute Gasteiger partial charge is 0.243 e. The molecule has 2 fully saturated rings. The Balaban J connectivity index is 1.30. The zero-order valence-corrected chi connectivity index (χ0v) is 20.7. The van der Waals surface area contributed by atoms with Gasteiger partial charge in [-0.1, -0.05) is 6.42 Å². The third kappa shape index (κ3) is 4.44. The molecule has 34 heavy (non-hydrogen) atoms. The summed E-state index contributed by atoms with van der Waals surface area (Å²) < 4.78 is 33.4. The van der Waals surface area contributed by atoms with Crippen LogP contribution in [0.5, 0.6) is 5.75 Å². The summed E-state index contributed by atoms with van der Waals surface area (Å²) in [6.07, 6.45) is 2.93. The lowest BCUT2D eigenvalue weighted by Crippen LogP contribution is -2.46. The summed E-state index contributed by atoms with van der Waals surface area (Å²) in [4.78, 5) is 9.87. The molecule has 0 spiro atoms. The summed E-state index contributed by atoms with van der Waals surface area (Å²) in [6.45, 7) is 6.18. The van der Waals surface area contributed by atoms with E-state index in [1.165, 1.54) is 5.69 Å². The number of piperazine rings is 1. The van der Waals surface area contributed by atoms with Crippen molar-refractivity contribution in [3.05, 3.63) is 54.6 Å². The van der Waals surface area contributed by atoms with Crippen molar-refractivity contribution < 1.29 is 13.2 Å². The number of hydrogen-bond acceptors (Lipinski definition) is 6. The molecule has 2 aliphatic rings. The summed E-state index contributed by atoms with van der Waals surface area (Å²) in [5.41, 5.74) is 2.02. The first-order valence-corrected chi connectivity index (χ1v) is 13.5. The molecule has 0 aliphatic carbocycles. The minimum absolute atomic E-state index is 0.0477. The van der Waals surface area contributed by atoms with Crippen molar-refractivity contribution >= 4 is 32.4 Å². The average Bonchev–Trinajstić information content (AvgIpc) is 2.88. The summed E-state index contributed by atoms with van der Waals surface area (Å²) in [7, 11) is -1.81. The van der Waals surface area contributed by atoms with Crippen LogP contribution in [0.1, 0.15) is 26.2 Å². The molecule has 2 aromatic carbocycles. The second-order valence-electron chi connectivity index (χ2n) is 9.16. The molecule has 0 bridgehead atoms. The SMILES string of the molecule is COc1ccc(N2CCN(c3ccc4cc(S(=O)(=O)N5CCCC[C@H]5C)ccc4n3)CC2)cc1. The molecule has 1 aromatic heterocycles. The van der Waals surface area contributed by atoms with Crippen molar-refractivity contribution in [1.29, 1.82) is 0 Å². The maximum absolute atomic E-state index is 13.2. The predicted molar refractivity (Wildman–Crippen MR) is 136 cm³/mol. The Morgan fingerprint density at radius 1 is 0.882 bits per heavy atom. The normalized spacial score (nSPS) is 20.0. The van der Waals surface area contributed by atoms with Crippen LogP contribution in [0, 0.1) is 0 Å². The third-order valence-corrected chi connectivity index (χ3v) is 9.05. The van der Waals surface area contributed by atoms with Gasteiger partial charge in [-0.05, 0) is 74.4 Å². The molecular formula is C26H32N4O3S. The predicted octanol–water partition coefficient (Wildman–Crippen LogP) is 4.13. The molecule has 0 saturated carbocycles. The summed E-state index contributed by atoms with van der Waals surface area (Å²) in [5.74, 6) is 1.80. The average molecular weight is 481 g/mol. The van der Waals surface area contributed by atoms with E-state index >= 15 is 0 Å². The molecule has 1 atom stereocenters. The summed E-state index contributed by atoms with van der Waals surface area (Å²) >= 11 is 0. The number of rotatable bonds is 5. The fourth-order valence-electron chi connectivity index (χ4n) is 4.98. The molecule has 180 valence electrons. The fraction of sp³-hybridized carbons (Fsp3) is 0.423. The first-order chi connectivity index (χ1) is 16.5. The van der Waals surface area contributed by atoms with Crippen LogP contribution in [0.25, 0.3) is 10.9 Å². The Morgan fingerprint density at radius 3 is 2.32 bits per heavy atom. The Bertz CT molecular complexity index is 1250. The summed E-state index contributed by atoms with van der Waals surface area (Å²) in [6, 6.07) is 17.5. The monoisotopic (exact) mass is 480 g/mol. The number of hydrogen-bond donors (Lipinski definition) is 0. The fourth-order valence-corrected chi connectivity index (χ4v) is 6.72. The first-order valence-electron chi connectivity index (χ1n) is 12.0. The minimum atomic E-state index is -3.49. The van der Waals surface area contributed by atoms with Gasteiger partial charge in [-0.3, -0.25) is 0 Å².